The van der Waals surface area contributed by atoms with Gasteiger partial charge in [0.05, 0.1) is 13.0 Å². The lowest BCUT2D eigenvalue weighted by Gasteiger charge is -2.10. The monoisotopic (exact) mass is 196 g/mol. The van der Waals surface area contributed by atoms with Crippen LogP contribution in [0.5, 0.6) is 0 Å². The molecule has 1 atom stereocenters. The number of benzene rings is 1. The van der Waals surface area contributed by atoms with Crippen molar-refractivity contribution in [3.63, 3.8) is 0 Å². The first-order valence-corrected chi connectivity index (χ1v) is 4.40. The first-order valence-electron chi connectivity index (χ1n) is 4.40. The summed E-state index contributed by atoms with van der Waals surface area (Å²) in [7, 11) is 1.30. The van der Waals surface area contributed by atoms with Crippen molar-refractivity contribution in [2.45, 2.75) is 19.8 Å². The van der Waals surface area contributed by atoms with Gasteiger partial charge in [-0.3, -0.25) is 4.79 Å². The van der Waals surface area contributed by atoms with Gasteiger partial charge in [-0.05, 0) is 25.5 Å². The van der Waals surface area contributed by atoms with Crippen molar-refractivity contribution in [1.29, 1.82) is 0 Å². The minimum absolute atomic E-state index is 0.358. The quantitative estimate of drug-likeness (QED) is 0.679. The van der Waals surface area contributed by atoms with Crippen LogP contribution in [0.2, 0.25) is 0 Å². The van der Waals surface area contributed by atoms with Gasteiger partial charge in [0.1, 0.15) is 5.82 Å². The second-order valence-corrected chi connectivity index (χ2v) is 3.27. The Morgan fingerprint density at radius 1 is 1.50 bits per heavy atom. The van der Waals surface area contributed by atoms with Gasteiger partial charge in [-0.15, -0.1) is 0 Å². The number of carbonyl (C=O) groups is 1. The Morgan fingerprint density at radius 3 is 2.64 bits per heavy atom. The first kappa shape index (κ1) is 10.7. The van der Waals surface area contributed by atoms with Crippen molar-refractivity contribution >= 4 is 5.97 Å². The Kier molecular flexibility index (Phi) is 3.23. The molecule has 0 unspecified atom stereocenters. The molecule has 1 aromatic rings. The fourth-order valence-corrected chi connectivity index (χ4v) is 1.29. The van der Waals surface area contributed by atoms with Crippen molar-refractivity contribution in [1.82, 2.24) is 0 Å². The van der Waals surface area contributed by atoms with Crippen molar-refractivity contribution in [2.75, 3.05) is 7.11 Å². The van der Waals surface area contributed by atoms with E-state index >= 15 is 0 Å². The molecule has 0 radical (unpaired) electrons. The van der Waals surface area contributed by atoms with Crippen LogP contribution in [0.4, 0.5) is 4.39 Å². The number of methoxy groups -OCH3 is 1. The largest absolute Gasteiger partial charge is 0.469 e. The molecule has 0 fully saturated rings. The first-order chi connectivity index (χ1) is 6.56. The Hall–Kier alpha value is -1.38. The van der Waals surface area contributed by atoms with E-state index < -0.39 is 11.9 Å². The van der Waals surface area contributed by atoms with Crippen molar-refractivity contribution in [3.05, 3.63) is 35.1 Å². The van der Waals surface area contributed by atoms with Gasteiger partial charge in [0.2, 0.25) is 0 Å². The lowest BCUT2D eigenvalue weighted by atomic mass is 9.99. The lowest BCUT2D eigenvalue weighted by Crippen LogP contribution is -2.12. The summed E-state index contributed by atoms with van der Waals surface area (Å²) < 4.78 is 17.9. The highest BCUT2D eigenvalue weighted by Crippen LogP contribution is 2.20. The van der Waals surface area contributed by atoms with E-state index in [1.54, 1.807) is 26.0 Å². The lowest BCUT2D eigenvalue weighted by molar-refractivity contribution is -0.142. The summed E-state index contributed by atoms with van der Waals surface area (Å²) in [5.74, 6) is -1.34. The van der Waals surface area contributed by atoms with Crippen LogP contribution < -0.4 is 0 Å². The topological polar surface area (TPSA) is 26.3 Å². The molecule has 3 heteroatoms. The average Bonchev–Trinajstić information content (AvgIpc) is 2.15. The minimum atomic E-state index is -0.555. The van der Waals surface area contributed by atoms with Crippen LogP contribution in [-0.4, -0.2) is 13.1 Å². The molecule has 0 aliphatic carbocycles. The highest BCUT2D eigenvalue weighted by molar-refractivity contribution is 5.77. The standard InChI is InChI=1S/C11H13FO2/c1-7-4-5-9(10(12)6-7)8(2)11(13)14-3/h4-6,8H,1-3H3/t8-/m0/s1. The molecule has 0 N–H and O–H groups in total. The maximum absolute atomic E-state index is 13.4. The number of ether oxygens (including phenoxy) is 1. The van der Waals surface area contributed by atoms with E-state index in [0.717, 1.165) is 5.56 Å². The van der Waals surface area contributed by atoms with Gasteiger partial charge < -0.3 is 4.74 Å². The normalized spacial score (nSPS) is 12.3. The van der Waals surface area contributed by atoms with Crippen molar-refractivity contribution in [3.8, 4) is 0 Å². The van der Waals surface area contributed by atoms with Gasteiger partial charge in [0.15, 0.2) is 0 Å². The van der Waals surface area contributed by atoms with Gasteiger partial charge in [-0.25, -0.2) is 4.39 Å². The summed E-state index contributed by atoms with van der Waals surface area (Å²) in [6.07, 6.45) is 0. The van der Waals surface area contributed by atoms with Crippen LogP contribution in [0.1, 0.15) is 24.0 Å². The Morgan fingerprint density at radius 2 is 2.14 bits per heavy atom. The van der Waals surface area contributed by atoms with Crippen LogP contribution in [0.25, 0.3) is 0 Å². The van der Waals surface area contributed by atoms with Crippen molar-refractivity contribution in [2.24, 2.45) is 0 Å². The summed E-state index contributed by atoms with van der Waals surface area (Å²) in [5.41, 5.74) is 1.21. The molecule has 0 amide bonds. The zero-order chi connectivity index (χ0) is 10.7. The average molecular weight is 196 g/mol. The zero-order valence-corrected chi connectivity index (χ0v) is 8.50. The molecular formula is C11H13FO2. The zero-order valence-electron chi connectivity index (χ0n) is 8.50. The second-order valence-electron chi connectivity index (χ2n) is 3.27. The molecule has 1 aromatic carbocycles. The minimum Gasteiger partial charge on any atom is -0.469 e. The van der Waals surface area contributed by atoms with E-state index in [9.17, 15) is 9.18 Å². The fourth-order valence-electron chi connectivity index (χ4n) is 1.29. The number of esters is 1. The molecule has 76 valence electrons. The molecular weight excluding hydrogens is 183 g/mol. The Bertz CT molecular complexity index is 347. The number of halogens is 1. The van der Waals surface area contributed by atoms with Crippen molar-refractivity contribution < 1.29 is 13.9 Å². The number of carbonyl (C=O) groups excluding carboxylic acids is 1. The molecule has 0 saturated carbocycles. The van der Waals surface area contributed by atoms with Gasteiger partial charge in [-0.2, -0.15) is 0 Å². The third kappa shape index (κ3) is 2.10. The second kappa shape index (κ2) is 4.22. The molecule has 0 aliphatic heterocycles. The molecule has 14 heavy (non-hydrogen) atoms. The SMILES string of the molecule is COC(=O)[C@@H](C)c1ccc(C)cc1F. The van der Waals surface area contributed by atoms with Crippen LogP contribution in [0.15, 0.2) is 18.2 Å². The summed E-state index contributed by atoms with van der Waals surface area (Å²) >= 11 is 0. The van der Waals surface area contributed by atoms with Gasteiger partial charge in [0.25, 0.3) is 0 Å². The van der Waals surface area contributed by atoms with E-state index in [1.165, 1.54) is 13.2 Å². The van der Waals surface area contributed by atoms with Gasteiger partial charge >= 0.3 is 5.97 Å². The van der Waals surface area contributed by atoms with Crippen LogP contribution >= 0.6 is 0 Å². The van der Waals surface area contributed by atoms with E-state index in [0.29, 0.717) is 5.56 Å². The van der Waals surface area contributed by atoms with Crippen LogP contribution in [0, 0.1) is 12.7 Å². The van der Waals surface area contributed by atoms with E-state index in [2.05, 4.69) is 4.74 Å². The summed E-state index contributed by atoms with van der Waals surface area (Å²) in [4.78, 5) is 11.2. The summed E-state index contributed by atoms with van der Waals surface area (Å²) in [5, 5.41) is 0. The van der Waals surface area contributed by atoms with Crippen LogP contribution in [-0.2, 0) is 9.53 Å². The molecule has 0 bridgehead atoms. The smallest absolute Gasteiger partial charge is 0.312 e. The summed E-state index contributed by atoms with van der Waals surface area (Å²) in [6, 6.07) is 4.80. The Balaban J connectivity index is 3.01. The predicted molar refractivity (Wildman–Crippen MR) is 51.6 cm³/mol. The van der Waals surface area contributed by atoms with E-state index in [-0.39, 0.29) is 5.82 Å². The predicted octanol–water partition coefficient (Wildman–Crippen LogP) is 2.41. The van der Waals surface area contributed by atoms with E-state index in [4.69, 9.17) is 0 Å². The molecule has 0 spiro atoms. The highest BCUT2D eigenvalue weighted by Gasteiger charge is 2.18. The third-order valence-corrected chi connectivity index (χ3v) is 2.18. The molecule has 0 aromatic heterocycles. The fraction of sp³-hybridized carbons (Fsp3) is 0.364. The molecule has 0 heterocycles. The number of aryl methyl sites for hydroxylation is 1. The third-order valence-electron chi connectivity index (χ3n) is 2.18. The molecule has 0 saturated heterocycles. The maximum Gasteiger partial charge on any atom is 0.312 e. The van der Waals surface area contributed by atoms with Gasteiger partial charge in [-0.1, -0.05) is 12.1 Å². The molecule has 1 rings (SSSR count). The van der Waals surface area contributed by atoms with E-state index in [1.807, 2.05) is 0 Å². The Labute approximate surface area is 82.7 Å². The number of hydrogen-bond donors (Lipinski definition) is 0. The molecule has 2 nitrogen and oxygen atoms in total. The highest BCUT2D eigenvalue weighted by atomic mass is 19.1. The van der Waals surface area contributed by atoms with Crippen LogP contribution in [0.3, 0.4) is 0 Å². The molecule has 0 aliphatic rings. The number of rotatable bonds is 2. The maximum atomic E-state index is 13.4. The van der Waals surface area contributed by atoms with Gasteiger partial charge in [0, 0.05) is 5.56 Å². The number of hydrogen-bond acceptors (Lipinski definition) is 2. The summed E-state index contributed by atoms with van der Waals surface area (Å²) in [6.45, 7) is 3.43.